The predicted octanol–water partition coefficient (Wildman–Crippen LogP) is 3.81. The van der Waals surface area contributed by atoms with E-state index in [4.69, 9.17) is 0 Å². The molecule has 2 heteroatoms. The molecule has 0 N–H and O–H groups in total. The minimum absolute atomic E-state index is 0.255. The summed E-state index contributed by atoms with van der Waals surface area (Å²) < 4.78 is 0. The summed E-state index contributed by atoms with van der Waals surface area (Å²) in [7, 11) is 0. The summed E-state index contributed by atoms with van der Waals surface area (Å²) in [6.45, 7) is 0. The highest BCUT2D eigenvalue weighted by Gasteiger charge is 2.30. The molecular weight excluding hydrogens is 236 g/mol. The normalized spacial score (nSPS) is 20.3. The van der Waals surface area contributed by atoms with Crippen molar-refractivity contribution >= 4 is 17.6 Å². The maximum absolute atomic E-state index is 12.2. The van der Waals surface area contributed by atoms with Crippen LogP contribution in [0.2, 0.25) is 0 Å². The smallest absolute Gasteiger partial charge is 0.163 e. The van der Waals surface area contributed by atoms with Gasteiger partial charge < -0.3 is 0 Å². The highest BCUT2D eigenvalue weighted by atomic mass is 16.1. The van der Waals surface area contributed by atoms with Gasteiger partial charge in [-0.1, -0.05) is 36.6 Å². The zero-order valence-electron chi connectivity index (χ0n) is 11.0. The standard InChI is InChI=1S/C17H18O2/c18-11-12-4-3-7-14(10-12)17-15(8-9-16(17)19)13-5-1-2-6-13/h3-4,7,10-11,13H,1-2,5-6,8-9H2. The van der Waals surface area contributed by atoms with Crippen molar-refractivity contribution in [2.45, 2.75) is 38.5 Å². The number of rotatable bonds is 3. The molecule has 2 nitrogen and oxygen atoms in total. The lowest BCUT2D eigenvalue weighted by atomic mass is 9.91. The van der Waals surface area contributed by atoms with Crippen LogP contribution in [-0.2, 0) is 4.79 Å². The van der Waals surface area contributed by atoms with Crippen LogP contribution in [0, 0.1) is 5.92 Å². The third-order valence-corrected chi connectivity index (χ3v) is 4.38. The number of carbonyl (C=O) groups excluding carboxylic acids is 2. The van der Waals surface area contributed by atoms with E-state index in [0.717, 1.165) is 23.8 Å². The van der Waals surface area contributed by atoms with Gasteiger partial charge in [-0.3, -0.25) is 9.59 Å². The Morgan fingerprint density at radius 1 is 1.11 bits per heavy atom. The molecule has 19 heavy (non-hydrogen) atoms. The summed E-state index contributed by atoms with van der Waals surface area (Å²) in [6.07, 6.45) is 7.42. The third kappa shape index (κ3) is 2.27. The van der Waals surface area contributed by atoms with E-state index < -0.39 is 0 Å². The molecule has 0 atom stereocenters. The molecule has 1 fully saturated rings. The van der Waals surface area contributed by atoms with Crippen LogP contribution in [-0.4, -0.2) is 12.1 Å². The van der Waals surface area contributed by atoms with Crippen molar-refractivity contribution in [1.29, 1.82) is 0 Å². The maximum Gasteiger partial charge on any atom is 0.163 e. The van der Waals surface area contributed by atoms with E-state index in [2.05, 4.69) is 0 Å². The second kappa shape index (κ2) is 5.12. The molecule has 0 heterocycles. The van der Waals surface area contributed by atoms with Crippen LogP contribution in [0.4, 0.5) is 0 Å². The number of ketones is 1. The number of allylic oxidation sites excluding steroid dienone is 2. The van der Waals surface area contributed by atoms with E-state index in [0.29, 0.717) is 17.9 Å². The zero-order valence-corrected chi connectivity index (χ0v) is 11.0. The zero-order chi connectivity index (χ0) is 13.2. The van der Waals surface area contributed by atoms with E-state index in [1.807, 2.05) is 18.2 Å². The molecule has 1 aromatic rings. The van der Waals surface area contributed by atoms with Gasteiger partial charge in [0.15, 0.2) is 5.78 Å². The molecule has 2 aliphatic rings. The molecule has 0 aromatic heterocycles. The Morgan fingerprint density at radius 3 is 2.63 bits per heavy atom. The molecule has 1 aromatic carbocycles. The van der Waals surface area contributed by atoms with Crippen LogP contribution in [0.1, 0.15) is 54.4 Å². The van der Waals surface area contributed by atoms with Gasteiger partial charge in [-0.05, 0) is 36.8 Å². The minimum Gasteiger partial charge on any atom is -0.298 e. The van der Waals surface area contributed by atoms with E-state index in [9.17, 15) is 9.59 Å². The number of hydrogen-bond donors (Lipinski definition) is 0. The molecule has 2 aliphatic carbocycles. The molecule has 0 amide bonds. The second-order valence-electron chi connectivity index (χ2n) is 5.55. The molecule has 0 bridgehead atoms. The first-order valence-corrected chi connectivity index (χ1v) is 7.11. The maximum atomic E-state index is 12.2. The van der Waals surface area contributed by atoms with Gasteiger partial charge in [-0.25, -0.2) is 0 Å². The third-order valence-electron chi connectivity index (χ3n) is 4.38. The first-order valence-electron chi connectivity index (χ1n) is 7.11. The van der Waals surface area contributed by atoms with Crippen LogP contribution in [0.3, 0.4) is 0 Å². The van der Waals surface area contributed by atoms with Crippen LogP contribution in [0.25, 0.3) is 5.57 Å². The van der Waals surface area contributed by atoms with Crippen molar-refractivity contribution in [1.82, 2.24) is 0 Å². The molecular formula is C17H18O2. The fourth-order valence-electron chi connectivity index (χ4n) is 3.47. The average Bonchev–Trinajstić information content (AvgIpc) is 3.07. The Kier molecular flexibility index (Phi) is 3.33. The first-order chi connectivity index (χ1) is 9.29. The van der Waals surface area contributed by atoms with Gasteiger partial charge >= 0.3 is 0 Å². The van der Waals surface area contributed by atoms with Gasteiger partial charge in [0.25, 0.3) is 0 Å². The molecule has 98 valence electrons. The SMILES string of the molecule is O=Cc1cccc(C2=C(C3CCCC3)CCC2=O)c1. The van der Waals surface area contributed by atoms with Crippen LogP contribution in [0.5, 0.6) is 0 Å². The van der Waals surface area contributed by atoms with Crippen molar-refractivity contribution in [2.75, 3.05) is 0 Å². The Bertz CT molecular complexity index is 548. The molecule has 0 aliphatic heterocycles. The van der Waals surface area contributed by atoms with Gasteiger partial charge in [-0.15, -0.1) is 0 Å². The lowest BCUT2D eigenvalue weighted by molar-refractivity contribution is -0.113. The quantitative estimate of drug-likeness (QED) is 0.769. The summed E-state index contributed by atoms with van der Waals surface area (Å²) in [5.41, 5.74) is 3.85. The number of Topliss-reactive ketones (excluding diaryl/α,β-unsaturated/α-hetero) is 1. The summed E-state index contributed by atoms with van der Waals surface area (Å²) in [5, 5.41) is 0. The van der Waals surface area contributed by atoms with Gasteiger partial charge in [0.1, 0.15) is 6.29 Å². The van der Waals surface area contributed by atoms with Gasteiger partial charge in [0.2, 0.25) is 0 Å². The number of carbonyl (C=O) groups is 2. The first kappa shape index (κ1) is 12.3. The van der Waals surface area contributed by atoms with Crippen molar-refractivity contribution in [3.05, 3.63) is 41.0 Å². The molecule has 0 radical (unpaired) electrons. The van der Waals surface area contributed by atoms with Crippen molar-refractivity contribution in [2.24, 2.45) is 5.92 Å². The molecule has 0 spiro atoms. The molecule has 0 unspecified atom stereocenters. The minimum atomic E-state index is 0.255. The van der Waals surface area contributed by atoms with Gasteiger partial charge in [0, 0.05) is 17.6 Å². The van der Waals surface area contributed by atoms with Gasteiger partial charge in [0.05, 0.1) is 0 Å². The van der Waals surface area contributed by atoms with E-state index in [1.165, 1.54) is 31.3 Å². The molecule has 1 saturated carbocycles. The number of hydrogen-bond acceptors (Lipinski definition) is 2. The largest absolute Gasteiger partial charge is 0.298 e. The van der Waals surface area contributed by atoms with E-state index in [1.54, 1.807) is 6.07 Å². The van der Waals surface area contributed by atoms with Crippen molar-refractivity contribution < 1.29 is 9.59 Å². The average molecular weight is 254 g/mol. The molecule has 0 saturated heterocycles. The number of aldehydes is 1. The fraction of sp³-hybridized carbons (Fsp3) is 0.412. The van der Waals surface area contributed by atoms with Crippen LogP contribution < -0.4 is 0 Å². The van der Waals surface area contributed by atoms with Gasteiger partial charge in [-0.2, -0.15) is 0 Å². The van der Waals surface area contributed by atoms with Crippen molar-refractivity contribution in [3.63, 3.8) is 0 Å². The monoisotopic (exact) mass is 254 g/mol. The Hall–Kier alpha value is -1.70. The summed E-state index contributed by atoms with van der Waals surface area (Å²) in [6, 6.07) is 7.46. The topological polar surface area (TPSA) is 34.1 Å². The summed E-state index contributed by atoms with van der Waals surface area (Å²) >= 11 is 0. The highest BCUT2D eigenvalue weighted by molar-refractivity contribution is 6.24. The summed E-state index contributed by atoms with van der Waals surface area (Å²) in [5.74, 6) is 0.853. The van der Waals surface area contributed by atoms with E-state index in [-0.39, 0.29) is 5.78 Å². The van der Waals surface area contributed by atoms with Crippen LogP contribution in [0.15, 0.2) is 29.8 Å². The second-order valence-corrected chi connectivity index (χ2v) is 5.55. The predicted molar refractivity (Wildman–Crippen MR) is 74.9 cm³/mol. The summed E-state index contributed by atoms with van der Waals surface area (Å²) in [4.78, 5) is 23.1. The van der Waals surface area contributed by atoms with Crippen LogP contribution >= 0.6 is 0 Å². The highest BCUT2D eigenvalue weighted by Crippen LogP contribution is 2.42. The Morgan fingerprint density at radius 2 is 1.89 bits per heavy atom. The lowest BCUT2D eigenvalue weighted by Gasteiger charge is -2.13. The number of benzene rings is 1. The molecule has 3 rings (SSSR count). The van der Waals surface area contributed by atoms with E-state index >= 15 is 0 Å². The Balaban J connectivity index is 2.04. The Labute approximate surface area is 113 Å². The van der Waals surface area contributed by atoms with Crippen molar-refractivity contribution in [3.8, 4) is 0 Å². The lowest BCUT2D eigenvalue weighted by Crippen LogP contribution is -2.01. The fourth-order valence-corrected chi connectivity index (χ4v) is 3.47.